The van der Waals surface area contributed by atoms with E-state index in [1.165, 1.54) is 27.1 Å². The number of carbonyl (C=O) groups excluding carboxylic acids is 2. The lowest BCUT2D eigenvalue weighted by Crippen LogP contribution is -2.35. The standard InChI is InChI=1S/C20H21N5O2S2/c26-18(25-11-9-21-19(25)27)14-29-20-23-22-17(13-16-7-4-12-28-16)24(20)10-8-15-5-2-1-3-6-15/h1-7,12H,8-11,13-14H2,(H,21,27). The lowest BCUT2D eigenvalue weighted by Gasteiger charge is -2.13. The minimum absolute atomic E-state index is 0.163. The lowest BCUT2D eigenvalue weighted by molar-refractivity contribution is -0.124. The van der Waals surface area contributed by atoms with Crippen molar-refractivity contribution in [3.05, 3.63) is 64.1 Å². The molecule has 1 aliphatic rings. The van der Waals surface area contributed by atoms with Crippen molar-refractivity contribution >= 4 is 35.0 Å². The van der Waals surface area contributed by atoms with Crippen LogP contribution in [-0.4, -0.2) is 50.4 Å². The first-order valence-electron chi connectivity index (χ1n) is 9.40. The van der Waals surface area contributed by atoms with Crippen molar-refractivity contribution < 1.29 is 9.59 Å². The molecule has 0 saturated carbocycles. The predicted octanol–water partition coefficient (Wildman–Crippen LogP) is 2.82. The number of thiophene rings is 1. The fraction of sp³-hybridized carbons (Fsp3) is 0.300. The Kier molecular flexibility index (Phi) is 6.26. The van der Waals surface area contributed by atoms with Crippen LogP contribution in [-0.2, 0) is 24.2 Å². The zero-order valence-corrected chi connectivity index (χ0v) is 17.4. The summed E-state index contributed by atoms with van der Waals surface area (Å²) < 4.78 is 2.09. The van der Waals surface area contributed by atoms with Crippen molar-refractivity contribution in [2.24, 2.45) is 0 Å². The molecule has 1 fully saturated rings. The van der Waals surface area contributed by atoms with Gasteiger partial charge < -0.3 is 9.88 Å². The van der Waals surface area contributed by atoms with Crippen LogP contribution >= 0.6 is 23.1 Å². The highest BCUT2D eigenvalue weighted by molar-refractivity contribution is 7.99. The minimum Gasteiger partial charge on any atom is -0.336 e. The monoisotopic (exact) mass is 427 g/mol. The summed E-state index contributed by atoms with van der Waals surface area (Å²) in [4.78, 5) is 26.5. The SMILES string of the molecule is O=C(CSc1nnc(Cc2cccs2)n1CCc1ccccc1)N1CCNC1=O. The van der Waals surface area contributed by atoms with E-state index in [0.29, 0.717) is 24.7 Å². The van der Waals surface area contributed by atoms with E-state index in [0.717, 1.165) is 18.8 Å². The Labute approximate surface area is 177 Å². The number of aromatic nitrogens is 3. The maximum atomic E-state index is 12.4. The smallest absolute Gasteiger partial charge is 0.324 e. The summed E-state index contributed by atoms with van der Waals surface area (Å²) in [6.07, 6.45) is 1.56. The fourth-order valence-electron chi connectivity index (χ4n) is 3.15. The second-order valence-corrected chi connectivity index (χ2v) is 8.58. The molecular formula is C20H21N5O2S2. The van der Waals surface area contributed by atoms with Gasteiger partial charge in [0.2, 0.25) is 5.91 Å². The van der Waals surface area contributed by atoms with Crippen LogP contribution in [0.3, 0.4) is 0 Å². The molecule has 0 bridgehead atoms. The molecule has 1 saturated heterocycles. The number of nitrogens with one attached hydrogen (secondary N) is 1. The van der Waals surface area contributed by atoms with Crippen LogP contribution in [0.2, 0.25) is 0 Å². The van der Waals surface area contributed by atoms with Gasteiger partial charge in [-0.15, -0.1) is 21.5 Å². The van der Waals surface area contributed by atoms with Gasteiger partial charge in [-0.3, -0.25) is 9.69 Å². The van der Waals surface area contributed by atoms with E-state index in [2.05, 4.69) is 43.7 Å². The Morgan fingerprint density at radius 2 is 2.03 bits per heavy atom. The third kappa shape index (κ3) is 4.86. The van der Waals surface area contributed by atoms with Crippen molar-refractivity contribution in [3.8, 4) is 0 Å². The summed E-state index contributed by atoms with van der Waals surface area (Å²) >= 11 is 3.03. The van der Waals surface area contributed by atoms with Gasteiger partial charge in [0, 0.05) is 30.9 Å². The van der Waals surface area contributed by atoms with Crippen molar-refractivity contribution in [1.29, 1.82) is 0 Å². The van der Waals surface area contributed by atoms with Crippen LogP contribution in [0.4, 0.5) is 4.79 Å². The maximum absolute atomic E-state index is 12.4. The van der Waals surface area contributed by atoms with Crippen molar-refractivity contribution in [2.45, 2.75) is 24.5 Å². The second-order valence-electron chi connectivity index (χ2n) is 6.61. The van der Waals surface area contributed by atoms with Crippen LogP contribution in [0, 0.1) is 0 Å². The first-order chi connectivity index (χ1) is 14.2. The average Bonchev–Trinajstić information content (AvgIpc) is 3.48. The number of benzene rings is 1. The predicted molar refractivity (Wildman–Crippen MR) is 113 cm³/mol. The van der Waals surface area contributed by atoms with Crippen LogP contribution in [0.25, 0.3) is 0 Å². The quantitative estimate of drug-likeness (QED) is 0.559. The first-order valence-corrected chi connectivity index (χ1v) is 11.3. The highest BCUT2D eigenvalue weighted by atomic mass is 32.2. The maximum Gasteiger partial charge on any atom is 0.324 e. The van der Waals surface area contributed by atoms with Crippen molar-refractivity contribution in [3.63, 3.8) is 0 Å². The van der Waals surface area contributed by atoms with Gasteiger partial charge in [0.1, 0.15) is 5.82 Å². The Bertz CT molecular complexity index is 972. The number of urea groups is 1. The molecule has 0 unspecified atom stereocenters. The number of rotatable bonds is 8. The topological polar surface area (TPSA) is 80.1 Å². The van der Waals surface area contributed by atoms with Gasteiger partial charge in [-0.25, -0.2) is 4.79 Å². The van der Waals surface area contributed by atoms with Gasteiger partial charge in [0.05, 0.1) is 5.75 Å². The number of imide groups is 1. The summed E-state index contributed by atoms with van der Waals surface area (Å²) in [5.41, 5.74) is 1.24. The zero-order valence-electron chi connectivity index (χ0n) is 15.8. The molecule has 3 amide bonds. The molecule has 150 valence electrons. The molecule has 3 heterocycles. The van der Waals surface area contributed by atoms with Crippen molar-refractivity contribution in [1.82, 2.24) is 25.0 Å². The number of hydrogen-bond acceptors (Lipinski definition) is 6. The molecule has 3 aromatic rings. The Hall–Kier alpha value is -2.65. The number of carbonyl (C=O) groups is 2. The van der Waals surface area contributed by atoms with E-state index >= 15 is 0 Å². The molecule has 0 aliphatic carbocycles. The van der Waals surface area contributed by atoms with Gasteiger partial charge in [-0.05, 0) is 23.4 Å². The van der Waals surface area contributed by atoms with Crippen LogP contribution in [0.5, 0.6) is 0 Å². The molecule has 0 radical (unpaired) electrons. The third-order valence-electron chi connectivity index (χ3n) is 4.66. The third-order valence-corrected chi connectivity index (χ3v) is 6.48. The van der Waals surface area contributed by atoms with Gasteiger partial charge >= 0.3 is 6.03 Å². The van der Waals surface area contributed by atoms with Gasteiger partial charge in [-0.1, -0.05) is 48.2 Å². The summed E-state index contributed by atoms with van der Waals surface area (Å²) in [6, 6.07) is 14.1. The summed E-state index contributed by atoms with van der Waals surface area (Å²) in [7, 11) is 0. The molecule has 0 spiro atoms. The number of hydrogen-bond donors (Lipinski definition) is 1. The van der Waals surface area contributed by atoms with Crippen molar-refractivity contribution in [2.75, 3.05) is 18.8 Å². The van der Waals surface area contributed by atoms with Crippen LogP contribution in [0.15, 0.2) is 53.0 Å². The number of nitrogens with zero attached hydrogens (tertiary/aromatic N) is 4. The minimum atomic E-state index is -0.320. The van der Waals surface area contributed by atoms with E-state index < -0.39 is 0 Å². The van der Waals surface area contributed by atoms with Gasteiger partial charge in [0.15, 0.2) is 5.16 Å². The normalized spacial score (nSPS) is 13.7. The average molecular weight is 428 g/mol. The number of thioether (sulfide) groups is 1. The molecule has 1 aromatic carbocycles. The molecule has 1 aliphatic heterocycles. The summed E-state index contributed by atoms with van der Waals surface area (Å²) in [5, 5.41) is 14.1. The Morgan fingerprint density at radius 1 is 1.17 bits per heavy atom. The lowest BCUT2D eigenvalue weighted by atomic mass is 10.1. The fourth-order valence-corrected chi connectivity index (χ4v) is 4.71. The summed E-state index contributed by atoms with van der Waals surface area (Å²) in [6.45, 7) is 1.66. The molecular weight excluding hydrogens is 406 g/mol. The van der Waals surface area contributed by atoms with Crippen LogP contribution in [0.1, 0.15) is 16.3 Å². The molecule has 4 rings (SSSR count). The molecule has 1 N–H and O–H groups in total. The van der Waals surface area contributed by atoms with E-state index in [1.54, 1.807) is 11.3 Å². The van der Waals surface area contributed by atoms with E-state index in [1.807, 2.05) is 24.3 Å². The van der Waals surface area contributed by atoms with E-state index in [9.17, 15) is 9.59 Å². The molecule has 2 aromatic heterocycles. The second kappa shape index (κ2) is 9.23. The highest BCUT2D eigenvalue weighted by Gasteiger charge is 2.26. The first kappa shape index (κ1) is 19.7. The molecule has 9 heteroatoms. The van der Waals surface area contributed by atoms with E-state index in [4.69, 9.17) is 0 Å². The zero-order chi connectivity index (χ0) is 20.1. The van der Waals surface area contributed by atoms with Gasteiger partial charge in [-0.2, -0.15) is 0 Å². The van der Waals surface area contributed by atoms with E-state index in [-0.39, 0.29) is 17.7 Å². The molecule has 7 nitrogen and oxygen atoms in total. The molecule has 0 atom stereocenters. The Morgan fingerprint density at radius 3 is 2.76 bits per heavy atom. The van der Waals surface area contributed by atoms with Gasteiger partial charge in [0.25, 0.3) is 0 Å². The largest absolute Gasteiger partial charge is 0.336 e. The molecule has 29 heavy (non-hydrogen) atoms. The number of aryl methyl sites for hydroxylation is 1. The van der Waals surface area contributed by atoms with Crippen LogP contribution < -0.4 is 5.32 Å². The Balaban J connectivity index is 1.48. The summed E-state index contributed by atoms with van der Waals surface area (Å²) in [5.74, 6) is 0.843. The number of amides is 3. The highest BCUT2D eigenvalue weighted by Crippen LogP contribution is 2.22.